The SMILES string of the molecule is COCCOc1ccc(F)cc1NCc1cnc(Cl)s1. The molecule has 0 aliphatic carbocycles. The molecule has 0 unspecified atom stereocenters. The molecule has 20 heavy (non-hydrogen) atoms. The van der Waals surface area contributed by atoms with Gasteiger partial charge in [-0.2, -0.15) is 0 Å². The second-order valence-electron chi connectivity index (χ2n) is 3.91. The minimum Gasteiger partial charge on any atom is -0.489 e. The molecule has 0 radical (unpaired) electrons. The number of hydrogen-bond acceptors (Lipinski definition) is 5. The number of benzene rings is 1. The monoisotopic (exact) mass is 316 g/mol. The van der Waals surface area contributed by atoms with Crippen LogP contribution in [0.3, 0.4) is 0 Å². The molecule has 0 amide bonds. The molecule has 0 saturated heterocycles. The number of nitrogens with one attached hydrogen (secondary N) is 1. The number of methoxy groups -OCH3 is 1. The average Bonchev–Trinajstić information content (AvgIpc) is 2.84. The van der Waals surface area contributed by atoms with E-state index in [1.165, 1.54) is 23.5 Å². The van der Waals surface area contributed by atoms with Crippen molar-refractivity contribution in [1.29, 1.82) is 0 Å². The lowest BCUT2D eigenvalue weighted by atomic mass is 10.2. The van der Waals surface area contributed by atoms with Gasteiger partial charge in [0.1, 0.15) is 18.2 Å². The first kappa shape index (κ1) is 15.0. The molecular weight excluding hydrogens is 303 g/mol. The molecule has 1 aromatic carbocycles. The highest BCUT2D eigenvalue weighted by atomic mass is 35.5. The van der Waals surface area contributed by atoms with Crippen LogP contribution < -0.4 is 10.1 Å². The van der Waals surface area contributed by atoms with Crippen molar-refractivity contribution in [2.45, 2.75) is 6.54 Å². The molecular formula is C13H14ClFN2O2S. The summed E-state index contributed by atoms with van der Waals surface area (Å²) in [5.74, 6) is 0.257. The Labute approximate surface area is 125 Å². The van der Waals surface area contributed by atoms with E-state index in [2.05, 4.69) is 10.3 Å². The fraction of sp³-hybridized carbons (Fsp3) is 0.308. The van der Waals surface area contributed by atoms with Gasteiger partial charge in [0.05, 0.1) is 18.8 Å². The second kappa shape index (κ2) is 7.42. The van der Waals surface area contributed by atoms with E-state index in [0.717, 1.165) is 4.88 Å². The maximum atomic E-state index is 13.3. The second-order valence-corrected chi connectivity index (χ2v) is 5.61. The van der Waals surface area contributed by atoms with Crippen LogP contribution in [0, 0.1) is 5.82 Å². The van der Waals surface area contributed by atoms with Crippen LogP contribution in [0.1, 0.15) is 4.88 Å². The van der Waals surface area contributed by atoms with E-state index in [9.17, 15) is 4.39 Å². The maximum Gasteiger partial charge on any atom is 0.183 e. The number of anilines is 1. The molecule has 1 aromatic heterocycles. The average molecular weight is 317 g/mol. The summed E-state index contributed by atoms with van der Waals surface area (Å²) in [5, 5.41) is 3.12. The third-order valence-corrected chi connectivity index (χ3v) is 3.58. The van der Waals surface area contributed by atoms with Gasteiger partial charge in [0.2, 0.25) is 0 Å². The number of hydrogen-bond donors (Lipinski definition) is 1. The normalized spacial score (nSPS) is 10.6. The van der Waals surface area contributed by atoms with Gasteiger partial charge in [-0.1, -0.05) is 11.6 Å². The van der Waals surface area contributed by atoms with Gasteiger partial charge in [-0.3, -0.25) is 0 Å². The van der Waals surface area contributed by atoms with Crippen molar-refractivity contribution < 1.29 is 13.9 Å². The van der Waals surface area contributed by atoms with Crippen LogP contribution in [0.2, 0.25) is 4.47 Å². The summed E-state index contributed by atoms with van der Waals surface area (Å²) in [6.45, 7) is 1.39. The zero-order chi connectivity index (χ0) is 14.4. The Morgan fingerprint density at radius 2 is 2.25 bits per heavy atom. The maximum absolute atomic E-state index is 13.3. The topological polar surface area (TPSA) is 43.4 Å². The highest BCUT2D eigenvalue weighted by Gasteiger charge is 2.07. The summed E-state index contributed by atoms with van der Waals surface area (Å²) in [7, 11) is 1.60. The van der Waals surface area contributed by atoms with E-state index in [1.807, 2.05) is 0 Å². The Hall–Kier alpha value is -1.37. The van der Waals surface area contributed by atoms with Gasteiger partial charge in [0.15, 0.2) is 4.47 Å². The van der Waals surface area contributed by atoms with Gasteiger partial charge in [-0.15, -0.1) is 11.3 Å². The van der Waals surface area contributed by atoms with E-state index >= 15 is 0 Å². The van der Waals surface area contributed by atoms with E-state index in [0.29, 0.717) is 35.7 Å². The van der Waals surface area contributed by atoms with Gasteiger partial charge >= 0.3 is 0 Å². The number of ether oxygens (including phenoxy) is 2. The molecule has 7 heteroatoms. The Morgan fingerprint density at radius 3 is 2.95 bits per heavy atom. The lowest BCUT2D eigenvalue weighted by molar-refractivity contribution is 0.146. The van der Waals surface area contributed by atoms with Gasteiger partial charge in [-0.05, 0) is 12.1 Å². The van der Waals surface area contributed by atoms with Gasteiger partial charge in [-0.25, -0.2) is 9.37 Å². The molecule has 0 bridgehead atoms. The van der Waals surface area contributed by atoms with Crippen LogP contribution >= 0.6 is 22.9 Å². The first-order chi connectivity index (χ1) is 9.69. The summed E-state index contributed by atoms with van der Waals surface area (Å²) in [6, 6.07) is 4.34. The lowest BCUT2D eigenvalue weighted by Gasteiger charge is -2.12. The molecule has 0 fully saturated rings. The van der Waals surface area contributed by atoms with Crippen LogP contribution in [-0.4, -0.2) is 25.3 Å². The van der Waals surface area contributed by atoms with E-state index in [4.69, 9.17) is 21.1 Å². The third kappa shape index (κ3) is 4.33. The van der Waals surface area contributed by atoms with Crippen LogP contribution in [0.4, 0.5) is 10.1 Å². The Morgan fingerprint density at radius 1 is 1.40 bits per heavy atom. The molecule has 2 aromatic rings. The quantitative estimate of drug-likeness (QED) is 0.793. The first-order valence-corrected chi connectivity index (χ1v) is 7.14. The number of thiazole rings is 1. The molecule has 0 aliphatic rings. The molecule has 0 atom stereocenters. The van der Waals surface area contributed by atoms with Crippen LogP contribution in [0.25, 0.3) is 0 Å². The summed E-state index contributed by atoms with van der Waals surface area (Å²) in [5.41, 5.74) is 0.589. The number of nitrogens with zero attached hydrogens (tertiary/aromatic N) is 1. The molecule has 0 saturated carbocycles. The number of rotatable bonds is 7. The van der Waals surface area contributed by atoms with Crippen molar-refractivity contribution in [1.82, 2.24) is 4.98 Å². The van der Waals surface area contributed by atoms with Crippen LogP contribution in [0.5, 0.6) is 5.75 Å². The lowest BCUT2D eigenvalue weighted by Crippen LogP contribution is -2.07. The van der Waals surface area contributed by atoms with E-state index < -0.39 is 0 Å². The van der Waals surface area contributed by atoms with Crippen molar-refractivity contribution in [2.24, 2.45) is 0 Å². The largest absolute Gasteiger partial charge is 0.489 e. The van der Waals surface area contributed by atoms with Gasteiger partial charge in [0, 0.05) is 24.3 Å². The highest BCUT2D eigenvalue weighted by molar-refractivity contribution is 7.15. The summed E-state index contributed by atoms with van der Waals surface area (Å²) < 4.78 is 24.3. The summed E-state index contributed by atoms with van der Waals surface area (Å²) >= 11 is 7.14. The smallest absolute Gasteiger partial charge is 0.183 e. The minimum absolute atomic E-state index is 0.325. The molecule has 1 N–H and O–H groups in total. The molecule has 2 rings (SSSR count). The highest BCUT2D eigenvalue weighted by Crippen LogP contribution is 2.27. The predicted octanol–water partition coefficient (Wildman–Crippen LogP) is 3.57. The van der Waals surface area contributed by atoms with Crippen molar-refractivity contribution in [3.05, 3.63) is 39.6 Å². The number of aromatic nitrogens is 1. The van der Waals surface area contributed by atoms with E-state index in [1.54, 1.807) is 19.4 Å². The zero-order valence-electron chi connectivity index (χ0n) is 10.9. The third-order valence-electron chi connectivity index (χ3n) is 2.47. The molecule has 1 heterocycles. The standard InChI is InChI=1S/C13H14ClFN2O2S/c1-18-4-5-19-12-3-2-9(15)6-11(12)16-7-10-8-17-13(14)20-10/h2-3,6,8,16H,4-5,7H2,1H3. The fourth-order valence-electron chi connectivity index (χ4n) is 1.55. The molecule has 0 spiro atoms. The minimum atomic E-state index is -0.325. The first-order valence-electron chi connectivity index (χ1n) is 5.94. The Balaban J connectivity index is 2.02. The predicted molar refractivity (Wildman–Crippen MR) is 78.2 cm³/mol. The summed E-state index contributed by atoms with van der Waals surface area (Å²) in [6.07, 6.45) is 1.69. The zero-order valence-corrected chi connectivity index (χ0v) is 12.4. The molecule has 4 nitrogen and oxygen atoms in total. The molecule has 108 valence electrons. The van der Waals surface area contributed by atoms with Gasteiger partial charge < -0.3 is 14.8 Å². The Kier molecular flexibility index (Phi) is 5.58. The number of halogens is 2. The van der Waals surface area contributed by atoms with Crippen LogP contribution in [0.15, 0.2) is 24.4 Å². The van der Waals surface area contributed by atoms with Crippen molar-refractivity contribution in [3.63, 3.8) is 0 Å². The van der Waals surface area contributed by atoms with E-state index in [-0.39, 0.29) is 5.82 Å². The molecule has 0 aliphatic heterocycles. The van der Waals surface area contributed by atoms with Crippen molar-refractivity contribution >= 4 is 28.6 Å². The van der Waals surface area contributed by atoms with Crippen molar-refractivity contribution in [3.8, 4) is 5.75 Å². The van der Waals surface area contributed by atoms with Gasteiger partial charge in [0.25, 0.3) is 0 Å². The van der Waals surface area contributed by atoms with Crippen molar-refractivity contribution in [2.75, 3.05) is 25.6 Å². The Bertz CT molecular complexity index is 565. The fourth-order valence-corrected chi connectivity index (χ4v) is 2.47. The summed E-state index contributed by atoms with van der Waals surface area (Å²) in [4.78, 5) is 4.91. The van der Waals surface area contributed by atoms with Crippen LogP contribution in [-0.2, 0) is 11.3 Å².